The normalized spacial score (nSPS) is 26.9. The molecule has 1 saturated heterocycles. The summed E-state index contributed by atoms with van der Waals surface area (Å²) >= 11 is 2.98. The van der Waals surface area contributed by atoms with E-state index in [1.165, 1.54) is 18.2 Å². The van der Waals surface area contributed by atoms with Gasteiger partial charge < -0.3 is 5.32 Å². The maximum atomic E-state index is 13.8. The number of carbonyl (C=O) groups is 2. The van der Waals surface area contributed by atoms with Crippen molar-refractivity contribution in [3.05, 3.63) is 30.1 Å². The first-order valence-corrected chi connectivity index (χ1v) is 9.49. The molecule has 10 heteroatoms. The Kier molecular flexibility index (Phi) is 4.39. The largest absolute Gasteiger partial charge is 0.323 e. The molecule has 0 radical (unpaired) electrons. The number of hydrogen-bond acceptors (Lipinski definition) is 4. The lowest BCUT2D eigenvalue weighted by Gasteiger charge is -2.30. The lowest BCUT2D eigenvalue weighted by molar-refractivity contribution is -0.125. The van der Waals surface area contributed by atoms with Crippen molar-refractivity contribution in [3.63, 3.8) is 0 Å². The number of nitrogens with zero attached hydrogens (tertiary/aromatic N) is 1. The zero-order valence-electron chi connectivity index (χ0n) is 12.5. The van der Waals surface area contributed by atoms with Crippen LogP contribution in [0.1, 0.15) is 19.3 Å². The second-order valence-electron chi connectivity index (χ2n) is 5.87. The Hall–Kier alpha value is -1.52. The number of sulfonamides is 1. The molecule has 24 heavy (non-hydrogen) atoms. The van der Waals surface area contributed by atoms with Crippen molar-refractivity contribution in [2.45, 2.75) is 29.7 Å². The highest BCUT2D eigenvalue weighted by Crippen LogP contribution is 2.39. The van der Waals surface area contributed by atoms with E-state index in [0.717, 1.165) is 9.40 Å². The predicted molar refractivity (Wildman–Crippen MR) is 86.0 cm³/mol. The summed E-state index contributed by atoms with van der Waals surface area (Å²) in [5.41, 5.74) is -1.10. The first kappa shape index (κ1) is 17.3. The molecule has 7 nitrogen and oxygen atoms in total. The van der Waals surface area contributed by atoms with E-state index in [0.29, 0.717) is 19.3 Å². The van der Waals surface area contributed by atoms with Gasteiger partial charge >= 0.3 is 6.03 Å². The van der Waals surface area contributed by atoms with Gasteiger partial charge in [0, 0.05) is 28.6 Å². The lowest BCUT2D eigenvalue weighted by atomic mass is 9.87. The second kappa shape index (κ2) is 6.08. The number of halogens is 2. The van der Waals surface area contributed by atoms with Gasteiger partial charge in [0.1, 0.15) is 16.3 Å². The number of nitrogens with one attached hydrogen (secondary N) is 2. The van der Waals surface area contributed by atoms with Crippen LogP contribution in [0.5, 0.6) is 0 Å². The second-order valence-corrected chi connectivity index (χ2v) is 9.03. The first-order valence-electron chi connectivity index (χ1n) is 7.34. The maximum Gasteiger partial charge on any atom is 0.322 e. The van der Waals surface area contributed by atoms with Crippen LogP contribution in [0.2, 0.25) is 0 Å². The van der Waals surface area contributed by atoms with Crippen LogP contribution < -0.4 is 10.6 Å². The maximum absolute atomic E-state index is 13.8. The Morgan fingerprint density at radius 2 is 2.04 bits per heavy atom. The van der Waals surface area contributed by atoms with E-state index < -0.39 is 44.1 Å². The molecule has 2 atom stereocenters. The predicted octanol–water partition coefficient (Wildman–Crippen LogP) is 1.50. The number of carbonyl (C=O) groups excluding carboxylic acids is 2. The number of rotatable bonds is 4. The quantitative estimate of drug-likeness (QED) is 0.570. The van der Waals surface area contributed by atoms with E-state index in [2.05, 4.69) is 26.8 Å². The molecule has 1 aliphatic heterocycles. The van der Waals surface area contributed by atoms with Crippen LogP contribution in [0.3, 0.4) is 0 Å². The molecule has 1 heterocycles. The van der Waals surface area contributed by atoms with Crippen molar-refractivity contribution < 1.29 is 22.4 Å². The molecule has 3 amide bonds. The molecule has 2 aliphatic rings. The molecule has 2 fully saturated rings. The molecule has 1 saturated carbocycles. The van der Waals surface area contributed by atoms with Crippen LogP contribution in [0.15, 0.2) is 29.2 Å². The van der Waals surface area contributed by atoms with Gasteiger partial charge in [-0.3, -0.25) is 10.1 Å². The molecule has 0 bridgehead atoms. The fourth-order valence-corrected chi connectivity index (χ4v) is 5.30. The molecule has 1 spiro atoms. The SMILES string of the molecule is O=C1NC(=O)C2(CCCC2CN(Br)S(=O)(=O)c2ccccc2F)N1. The van der Waals surface area contributed by atoms with Gasteiger partial charge in [0.05, 0.1) is 0 Å². The summed E-state index contributed by atoms with van der Waals surface area (Å²) in [7, 11) is -4.10. The van der Waals surface area contributed by atoms with Crippen LogP contribution in [0.4, 0.5) is 9.18 Å². The van der Waals surface area contributed by atoms with Gasteiger partial charge in [0.15, 0.2) is 0 Å². The van der Waals surface area contributed by atoms with Crippen molar-refractivity contribution in [2.75, 3.05) is 6.54 Å². The number of hydrogen-bond donors (Lipinski definition) is 2. The highest BCUT2D eigenvalue weighted by Gasteiger charge is 2.55. The minimum absolute atomic E-state index is 0.0651. The topological polar surface area (TPSA) is 95.6 Å². The molecule has 1 aliphatic carbocycles. The zero-order chi connectivity index (χ0) is 17.5. The van der Waals surface area contributed by atoms with Gasteiger partial charge in [0.25, 0.3) is 15.9 Å². The Bertz CT molecular complexity index is 803. The Morgan fingerprint density at radius 1 is 1.33 bits per heavy atom. The fraction of sp³-hybridized carbons (Fsp3) is 0.429. The minimum atomic E-state index is -4.10. The van der Waals surface area contributed by atoms with Gasteiger partial charge in [-0.2, -0.15) is 0 Å². The van der Waals surface area contributed by atoms with Crippen molar-refractivity contribution in [1.82, 2.24) is 14.0 Å². The molecular weight excluding hydrogens is 405 g/mol. The number of urea groups is 1. The van der Waals surface area contributed by atoms with Gasteiger partial charge in [-0.15, -0.1) is 3.33 Å². The number of amides is 3. The molecule has 130 valence electrons. The van der Waals surface area contributed by atoms with Crippen LogP contribution >= 0.6 is 16.1 Å². The standard InChI is InChI=1S/C14H15BrFN3O4S/c15-19(24(22,23)11-6-2-1-5-10(11)16)8-9-4-3-7-14(9)12(20)17-13(21)18-14/h1-2,5-6,9H,3-4,7-8H2,(H2,17,18,20,21). The van der Waals surface area contributed by atoms with E-state index in [9.17, 15) is 22.4 Å². The monoisotopic (exact) mass is 419 g/mol. The van der Waals surface area contributed by atoms with Crippen LogP contribution in [0, 0.1) is 11.7 Å². The van der Waals surface area contributed by atoms with Crippen LogP contribution in [-0.4, -0.2) is 35.8 Å². The molecule has 1 aromatic carbocycles. The van der Waals surface area contributed by atoms with Crippen LogP contribution in [-0.2, 0) is 14.8 Å². The van der Waals surface area contributed by atoms with Crippen molar-refractivity contribution in [2.24, 2.45) is 5.92 Å². The summed E-state index contributed by atoms with van der Waals surface area (Å²) < 4.78 is 39.8. The van der Waals surface area contributed by atoms with Crippen molar-refractivity contribution in [1.29, 1.82) is 0 Å². The zero-order valence-corrected chi connectivity index (χ0v) is 14.9. The van der Waals surface area contributed by atoms with Crippen molar-refractivity contribution in [3.8, 4) is 0 Å². The molecule has 2 unspecified atom stereocenters. The third-order valence-electron chi connectivity index (χ3n) is 4.53. The Labute approximate surface area is 147 Å². The molecule has 2 N–H and O–H groups in total. The minimum Gasteiger partial charge on any atom is -0.323 e. The summed E-state index contributed by atoms with van der Waals surface area (Å²) in [6, 6.07) is 4.49. The third-order valence-corrected chi connectivity index (χ3v) is 7.52. The third kappa shape index (κ3) is 2.72. The van der Waals surface area contributed by atoms with E-state index >= 15 is 0 Å². The Morgan fingerprint density at radius 3 is 2.67 bits per heavy atom. The van der Waals surface area contributed by atoms with Gasteiger partial charge in [0.2, 0.25) is 0 Å². The first-order chi connectivity index (χ1) is 11.3. The average molecular weight is 420 g/mol. The molecule has 0 aromatic heterocycles. The molecule has 1 aromatic rings. The summed E-state index contributed by atoms with van der Waals surface area (Å²) in [6.07, 6.45) is 1.69. The van der Waals surface area contributed by atoms with Gasteiger partial charge in [-0.25, -0.2) is 17.6 Å². The van der Waals surface area contributed by atoms with Crippen LogP contribution in [0.25, 0.3) is 0 Å². The Balaban J connectivity index is 1.84. The molecular formula is C14H15BrFN3O4S. The lowest BCUT2D eigenvalue weighted by Crippen LogP contribution is -2.52. The number of benzene rings is 1. The van der Waals surface area contributed by atoms with E-state index in [4.69, 9.17) is 0 Å². The summed E-state index contributed by atoms with van der Waals surface area (Å²) in [5, 5.41) is 4.82. The highest BCUT2D eigenvalue weighted by atomic mass is 79.9. The van der Waals surface area contributed by atoms with E-state index in [1.54, 1.807) is 0 Å². The smallest absolute Gasteiger partial charge is 0.322 e. The number of imide groups is 1. The van der Waals surface area contributed by atoms with Crippen molar-refractivity contribution >= 4 is 38.1 Å². The van der Waals surface area contributed by atoms with E-state index in [1.807, 2.05) is 0 Å². The molecule has 3 rings (SSSR count). The average Bonchev–Trinajstić information content (AvgIpc) is 3.03. The summed E-state index contributed by atoms with van der Waals surface area (Å²) in [5.74, 6) is -1.71. The van der Waals surface area contributed by atoms with Gasteiger partial charge in [-0.05, 0) is 25.0 Å². The summed E-state index contributed by atoms with van der Waals surface area (Å²) in [6.45, 7) is -0.0651. The highest BCUT2D eigenvalue weighted by molar-refractivity contribution is 9.08. The van der Waals surface area contributed by atoms with E-state index in [-0.39, 0.29) is 6.54 Å². The fourth-order valence-electron chi connectivity index (χ4n) is 3.33. The summed E-state index contributed by atoms with van der Waals surface area (Å²) in [4.78, 5) is 23.2. The van der Waals surface area contributed by atoms with Gasteiger partial charge in [-0.1, -0.05) is 18.6 Å².